The van der Waals surface area contributed by atoms with E-state index in [0.717, 1.165) is 12.0 Å². The van der Waals surface area contributed by atoms with Gasteiger partial charge in [-0.2, -0.15) is 0 Å². The van der Waals surface area contributed by atoms with Crippen molar-refractivity contribution in [3.63, 3.8) is 0 Å². The van der Waals surface area contributed by atoms with E-state index in [1.807, 2.05) is 24.3 Å². The van der Waals surface area contributed by atoms with Crippen molar-refractivity contribution in [3.8, 4) is 0 Å². The van der Waals surface area contributed by atoms with Crippen LogP contribution < -0.4 is 0 Å². The first-order valence-electron chi connectivity index (χ1n) is 5.19. The quantitative estimate of drug-likeness (QED) is 0.539. The van der Waals surface area contributed by atoms with E-state index in [2.05, 4.69) is 25.3 Å². The molecule has 0 saturated heterocycles. The van der Waals surface area contributed by atoms with Gasteiger partial charge in [0.1, 0.15) is 0 Å². The highest BCUT2D eigenvalue weighted by atomic mass is 16.1. The highest BCUT2D eigenvalue weighted by Crippen LogP contribution is 2.08. The van der Waals surface area contributed by atoms with Crippen molar-refractivity contribution in [1.29, 1.82) is 0 Å². The van der Waals surface area contributed by atoms with E-state index in [1.165, 1.54) is 12.5 Å². The van der Waals surface area contributed by atoms with E-state index in [9.17, 15) is 4.79 Å². The van der Waals surface area contributed by atoms with E-state index >= 15 is 0 Å². The Balaban J connectivity index is 2.55. The molecule has 0 aliphatic heterocycles. The molecule has 1 heteroatoms. The van der Waals surface area contributed by atoms with E-state index in [1.54, 1.807) is 6.08 Å². The standard InChI is InChI=1S/C15H16O/c1-12(9-10-13(2)14(3)16)11-15-7-5-4-6-8-15/h4-10H,1-2,11H2,3H3/b10-9-. The van der Waals surface area contributed by atoms with Gasteiger partial charge in [-0.1, -0.05) is 61.2 Å². The van der Waals surface area contributed by atoms with Crippen LogP contribution in [0.5, 0.6) is 0 Å². The fourth-order valence-corrected chi connectivity index (χ4v) is 1.25. The first-order valence-corrected chi connectivity index (χ1v) is 5.19. The lowest BCUT2D eigenvalue weighted by Crippen LogP contribution is -1.91. The van der Waals surface area contributed by atoms with Gasteiger partial charge in [0.15, 0.2) is 5.78 Å². The smallest absolute Gasteiger partial charge is 0.159 e. The highest BCUT2D eigenvalue weighted by Gasteiger charge is 1.96. The zero-order valence-electron chi connectivity index (χ0n) is 9.57. The van der Waals surface area contributed by atoms with Crippen molar-refractivity contribution in [1.82, 2.24) is 0 Å². The topological polar surface area (TPSA) is 17.1 Å². The summed E-state index contributed by atoms with van der Waals surface area (Å²) < 4.78 is 0. The lowest BCUT2D eigenvalue weighted by atomic mass is 10.1. The third-order valence-corrected chi connectivity index (χ3v) is 2.25. The summed E-state index contributed by atoms with van der Waals surface area (Å²) in [5.74, 6) is -0.0104. The molecule has 0 amide bonds. The van der Waals surface area contributed by atoms with Gasteiger partial charge in [-0.25, -0.2) is 0 Å². The molecular weight excluding hydrogens is 196 g/mol. The van der Waals surface area contributed by atoms with Crippen LogP contribution in [0.3, 0.4) is 0 Å². The largest absolute Gasteiger partial charge is 0.295 e. The van der Waals surface area contributed by atoms with Crippen LogP contribution in [-0.4, -0.2) is 5.78 Å². The highest BCUT2D eigenvalue weighted by molar-refractivity contribution is 5.95. The van der Waals surface area contributed by atoms with Crippen molar-refractivity contribution in [2.45, 2.75) is 13.3 Å². The second kappa shape index (κ2) is 5.86. The molecule has 0 atom stereocenters. The number of allylic oxidation sites excluding steroid dienone is 4. The van der Waals surface area contributed by atoms with Crippen LogP contribution in [0.4, 0.5) is 0 Å². The number of hydrogen-bond acceptors (Lipinski definition) is 1. The summed E-state index contributed by atoms with van der Waals surface area (Å²) >= 11 is 0. The maximum atomic E-state index is 10.9. The van der Waals surface area contributed by atoms with Crippen LogP contribution >= 0.6 is 0 Å². The molecule has 1 rings (SSSR count). The fraction of sp³-hybridized carbons (Fsp3) is 0.133. The third kappa shape index (κ3) is 4.09. The summed E-state index contributed by atoms with van der Waals surface area (Å²) in [6.07, 6.45) is 4.35. The lowest BCUT2D eigenvalue weighted by molar-refractivity contribution is -0.113. The maximum Gasteiger partial charge on any atom is 0.159 e. The van der Waals surface area contributed by atoms with Gasteiger partial charge < -0.3 is 0 Å². The number of hydrogen-bond donors (Lipinski definition) is 0. The van der Waals surface area contributed by atoms with Crippen LogP contribution in [-0.2, 0) is 11.2 Å². The first-order chi connectivity index (χ1) is 7.59. The molecule has 0 aliphatic rings. The second-order valence-corrected chi connectivity index (χ2v) is 3.74. The molecule has 0 fully saturated rings. The molecule has 0 heterocycles. The van der Waals surface area contributed by atoms with E-state index < -0.39 is 0 Å². The van der Waals surface area contributed by atoms with Gasteiger partial charge in [0.25, 0.3) is 0 Å². The Labute approximate surface area is 96.8 Å². The number of Topliss-reactive ketones (excluding diaryl/α,β-unsaturated/α-hetero) is 1. The van der Waals surface area contributed by atoms with Crippen molar-refractivity contribution in [2.24, 2.45) is 0 Å². The molecule has 0 saturated carbocycles. The Morgan fingerprint density at radius 2 is 1.81 bits per heavy atom. The van der Waals surface area contributed by atoms with Gasteiger partial charge in [-0.15, -0.1) is 0 Å². The number of carbonyl (C=O) groups excluding carboxylic acids is 1. The van der Waals surface area contributed by atoms with Gasteiger partial charge in [-0.05, 0) is 18.9 Å². The molecule has 1 aromatic carbocycles. The molecule has 0 unspecified atom stereocenters. The second-order valence-electron chi connectivity index (χ2n) is 3.74. The van der Waals surface area contributed by atoms with Crippen molar-refractivity contribution in [2.75, 3.05) is 0 Å². The average molecular weight is 212 g/mol. The minimum atomic E-state index is -0.0104. The number of ketones is 1. The summed E-state index contributed by atoms with van der Waals surface area (Å²) in [6.45, 7) is 9.10. The Morgan fingerprint density at radius 3 is 2.38 bits per heavy atom. The molecule has 0 radical (unpaired) electrons. The minimum Gasteiger partial charge on any atom is -0.295 e. The summed E-state index contributed by atoms with van der Waals surface area (Å²) in [5.41, 5.74) is 2.69. The summed E-state index contributed by atoms with van der Waals surface area (Å²) in [5, 5.41) is 0. The predicted molar refractivity (Wildman–Crippen MR) is 68.2 cm³/mol. The molecule has 0 spiro atoms. The molecule has 1 nitrogen and oxygen atoms in total. The van der Waals surface area contributed by atoms with Gasteiger partial charge >= 0.3 is 0 Å². The third-order valence-electron chi connectivity index (χ3n) is 2.25. The molecule has 0 aromatic heterocycles. The Bertz CT molecular complexity index is 424. The maximum absolute atomic E-state index is 10.9. The van der Waals surface area contributed by atoms with E-state index in [-0.39, 0.29) is 5.78 Å². The molecule has 0 aliphatic carbocycles. The summed E-state index contributed by atoms with van der Waals surface area (Å²) in [6, 6.07) is 10.1. The lowest BCUT2D eigenvalue weighted by Gasteiger charge is -2.00. The van der Waals surface area contributed by atoms with Crippen LogP contribution in [0, 0.1) is 0 Å². The van der Waals surface area contributed by atoms with Crippen molar-refractivity contribution in [3.05, 3.63) is 72.4 Å². The molecule has 16 heavy (non-hydrogen) atoms. The molecule has 1 aromatic rings. The number of benzene rings is 1. The van der Waals surface area contributed by atoms with Crippen LogP contribution in [0.15, 0.2) is 66.8 Å². The zero-order chi connectivity index (χ0) is 12.0. The van der Waals surface area contributed by atoms with E-state index in [0.29, 0.717) is 5.57 Å². The summed E-state index contributed by atoms with van der Waals surface area (Å²) in [7, 11) is 0. The van der Waals surface area contributed by atoms with Crippen LogP contribution in [0.1, 0.15) is 12.5 Å². The van der Waals surface area contributed by atoms with E-state index in [4.69, 9.17) is 0 Å². The van der Waals surface area contributed by atoms with Gasteiger partial charge in [0, 0.05) is 5.57 Å². The molecule has 82 valence electrons. The number of carbonyl (C=O) groups is 1. The summed E-state index contributed by atoms with van der Waals surface area (Å²) in [4.78, 5) is 10.9. The first kappa shape index (κ1) is 12.2. The normalized spacial score (nSPS) is 10.3. The minimum absolute atomic E-state index is 0.0104. The Morgan fingerprint density at radius 1 is 1.19 bits per heavy atom. The monoisotopic (exact) mass is 212 g/mol. The molecular formula is C15H16O. The molecule has 0 N–H and O–H groups in total. The Kier molecular flexibility index (Phi) is 4.46. The fourth-order valence-electron chi connectivity index (χ4n) is 1.25. The van der Waals surface area contributed by atoms with Gasteiger partial charge in [-0.3, -0.25) is 4.79 Å². The van der Waals surface area contributed by atoms with Crippen LogP contribution in [0.25, 0.3) is 0 Å². The SMILES string of the molecule is C=C(/C=C\C(=C)C(C)=O)Cc1ccccc1. The van der Waals surface area contributed by atoms with Crippen molar-refractivity contribution < 1.29 is 4.79 Å². The zero-order valence-corrected chi connectivity index (χ0v) is 9.57. The predicted octanol–water partition coefficient (Wildman–Crippen LogP) is 3.49. The van der Waals surface area contributed by atoms with Gasteiger partial charge in [0.05, 0.1) is 0 Å². The Hall–Kier alpha value is -1.89. The van der Waals surface area contributed by atoms with Crippen LogP contribution in [0.2, 0.25) is 0 Å². The van der Waals surface area contributed by atoms with Gasteiger partial charge in [0.2, 0.25) is 0 Å². The molecule has 0 bridgehead atoms. The van der Waals surface area contributed by atoms with Crippen molar-refractivity contribution >= 4 is 5.78 Å². The number of rotatable bonds is 5. The average Bonchev–Trinajstić information content (AvgIpc) is 2.27.